The van der Waals surface area contributed by atoms with E-state index in [9.17, 15) is 13.9 Å². The molecule has 0 bridgehead atoms. The minimum Gasteiger partial charge on any atom is -0.396 e. The van der Waals surface area contributed by atoms with Gasteiger partial charge in [0.1, 0.15) is 11.6 Å². The van der Waals surface area contributed by atoms with Gasteiger partial charge in [-0.25, -0.2) is 8.78 Å². The molecule has 20 heavy (non-hydrogen) atoms. The summed E-state index contributed by atoms with van der Waals surface area (Å²) in [5, 5.41) is 10.1. The highest BCUT2D eigenvalue weighted by molar-refractivity contribution is 6.31. The number of aliphatic hydroxyl groups is 1. The molecule has 1 nitrogen and oxygen atoms in total. The van der Waals surface area contributed by atoms with Crippen molar-refractivity contribution in [2.75, 3.05) is 6.61 Å². The monoisotopic (exact) mass is 296 g/mol. The maximum Gasteiger partial charge on any atom is 0.126 e. The normalized spacial score (nSPS) is 12.4. The Kier molecular flexibility index (Phi) is 5.10. The first-order valence-electron chi connectivity index (χ1n) is 6.38. The largest absolute Gasteiger partial charge is 0.396 e. The van der Waals surface area contributed by atoms with Crippen molar-refractivity contribution < 1.29 is 13.9 Å². The lowest BCUT2D eigenvalue weighted by Gasteiger charge is -2.15. The van der Waals surface area contributed by atoms with E-state index >= 15 is 0 Å². The summed E-state index contributed by atoms with van der Waals surface area (Å²) in [5.41, 5.74) is 1.17. The zero-order chi connectivity index (χ0) is 14.5. The van der Waals surface area contributed by atoms with Crippen LogP contribution in [-0.2, 0) is 12.8 Å². The van der Waals surface area contributed by atoms with Gasteiger partial charge in [0.15, 0.2) is 0 Å². The highest BCUT2D eigenvalue weighted by atomic mass is 35.5. The maximum absolute atomic E-state index is 13.6. The molecule has 106 valence electrons. The molecule has 1 N–H and O–H groups in total. The molecule has 0 saturated carbocycles. The standard InChI is InChI=1S/C16H15ClF2O/c17-15-4-2-1-3-12(15)7-11(10-20)8-13-9-14(18)5-6-16(13)19/h1-6,9,11,20H,7-8,10H2. The Bertz CT molecular complexity index is 586. The maximum atomic E-state index is 13.6. The summed E-state index contributed by atoms with van der Waals surface area (Å²) in [5.74, 6) is -1.13. The zero-order valence-corrected chi connectivity index (χ0v) is 11.6. The van der Waals surface area contributed by atoms with Crippen LogP contribution in [0.4, 0.5) is 8.78 Å². The summed E-state index contributed by atoms with van der Waals surface area (Å²) >= 11 is 6.07. The highest BCUT2D eigenvalue weighted by Crippen LogP contribution is 2.22. The molecule has 0 aromatic heterocycles. The summed E-state index contributed by atoms with van der Waals surface area (Å²) in [7, 11) is 0. The van der Waals surface area contributed by atoms with Gasteiger partial charge >= 0.3 is 0 Å². The second-order valence-electron chi connectivity index (χ2n) is 4.78. The Morgan fingerprint density at radius 1 is 1.00 bits per heavy atom. The van der Waals surface area contributed by atoms with E-state index in [1.165, 1.54) is 6.07 Å². The van der Waals surface area contributed by atoms with Crippen molar-refractivity contribution in [3.05, 3.63) is 70.2 Å². The van der Waals surface area contributed by atoms with Crippen LogP contribution in [0.15, 0.2) is 42.5 Å². The molecule has 2 aromatic carbocycles. The molecule has 0 spiro atoms. The predicted octanol–water partition coefficient (Wildman–Crippen LogP) is 4.01. The Hall–Kier alpha value is -1.45. The van der Waals surface area contributed by atoms with Crippen LogP contribution in [0.1, 0.15) is 11.1 Å². The molecule has 0 aliphatic rings. The fourth-order valence-corrected chi connectivity index (χ4v) is 2.40. The second kappa shape index (κ2) is 6.82. The minimum atomic E-state index is -0.476. The molecule has 0 aliphatic heterocycles. The highest BCUT2D eigenvalue weighted by Gasteiger charge is 2.14. The molecule has 2 aromatic rings. The smallest absolute Gasteiger partial charge is 0.126 e. The first kappa shape index (κ1) is 14.9. The summed E-state index contributed by atoms with van der Waals surface area (Å²) in [6, 6.07) is 10.7. The molecule has 0 saturated heterocycles. The number of aliphatic hydroxyl groups excluding tert-OH is 1. The molecular formula is C16H15ClF2O. The van der Waals surface area contributed by atoms with Crippen LogP contribution in [0.2, 0.25) is 5.02 Å². The summed E-state index contributed by atoms with van der Waals surface area (Å²) < 4.78 is 26.8. The van der Waals surface area contributed by atoms with Crippen LogP contribution < -0.4 is 0 Å². The number of benzene rings is 2. The Morgan fingerprint density at radius 2 is 1.70 bits per heavy atom. The summed E-state index contributed by atoms with van der Waals surface area (Å²) in [4.78, 5) is 0. The molecule has 0 fully saturated rings. The van der Waals surface area contributed by atoms with Crippen molar-refractivity contribution in [2.45, 2.75) is 12.8 Å². The fraction of sp³-hybridized carbons (Fsp3) is 0.250. The topological polar surface area (TPSA) is 20.2 Å². The van der Waals surface area contributed by atoms with Gasteiger partial charge in [-0.05, 0) is 54.2 Å². The van der Waals surface area contributed by atoms with Gasteiger partial charge in [-0.2, -0.15) is 0 Å². The van der Waals surface area contributed by atoms with Gasteiger partial charge in [-0.15, -0.1) is 0 Å². The molecule has 0 heterocycles. The van der Waals surface area contributed by atoms with Crippen molar-refractivity contribution in [1.82, 2.24) is 0 Å². The number of rotatable bonds is 5. The van der Waals surface area contributed by atoms with E-state index in [1.54, 1.807) is 6.07 Å². The SMILES string of the molecule is OCC(Cc1cc(F)ccc1F)Cc1ccccc1Cl. The van der Waals surface area contributed by atoms with E-state index < -0.39 is 11.6 Å². The number of halogens is 3. The molecule has 0 radical (unpaired) electrons. The first-order valence-corrected chi connectivity index (χ1v) is 6.76. The zero-order valence-electron chi connectivity index (χ0n) is 10.8. The Balaban J connectivity index is 2.13. The Labute approximate surface area is 121 Å². The van der Waals surface area contributed by atoms with Crippen LogP contribution in [0.5, 0.6) is 0 Å². The first-order chi connectivity index (χ1) is 9.60. The summed E-state index contributed by atoms with van der Waals surface area (Å²) in [6.07, 6.45) is 0.789. The average molecular weight is 297 g/mol. The van der Waals surface area contributed by atoms with E-state index in [1.807, 2.05) is 18.2 Å². The van der Waals surface area contributed by atoms with Crippen molar-refractivity contribution in [3.8, 4) is 0 Å². The predicted molar refractivity (Wildman–Crippen MR) is 75.8 cm³/mol. The molecule has 1 unspecified atom stereocenters. The van der Waals surface area contributed by atoms with Gasteiger partial charge in [-0.3, -0.25) is 0 Å². The summed E-state index contributed by atoms with van der Waals surface area (Å²) in [6.45, 7) is -0.110. The fourth-order valence-electron chi connectivity index (χ4n) is 2.19. The van der Waals surface area contributed by atoms with Gasteiger partial charge in [0, 0.05) is 11.6 Å². The van der Waals surface area contributed by atoms with E-state index in [-0.39, 0.29) is 24.5 Å². The minimum absolute atomic E-state index is 0.110. The van der Waals surface area contributed by atoms with E-state index in [4.69, 9.17) is 11.6 Å². The van der Waals surface area contributed by atoms with Crippen molar-refractivity contribution in [3.63, 3.8) is 0 Å². The molecule has 2 rings (SSSR count). The van der Waals surface area contributed by atoms with Gasteiger partial charge in [0.05, 0.1) is 0 Å². The van der Waals surface area contributed by atoms with Crippen LogP contribution in [0.25, 0.3) is 0 Å². The van der Waals surface area contributed by atoms with Crippen LogP contribution in [0.3, 0.4) is 0 Å². The van der Waals surface area contributed by atoms with E-state index in [2.05, 4.69) is 0 Å². The van der Waals surface area contributed by atoms with Crippen LogP contribution in [-0.4, -0.2) is 11.7 Å². The lowest BCUT2D eigenvalue weighted by atomic mass is 9.93. The quantitative estimate of drug-likeness (QED) is 0.884. The number of hydrogen-bond donors (Lipinski definition) is 1. The third kappa shape index (κ3) is 3.78. The third-order valence-corrected chi connectivity index (χ3v) is 3.61. The van der Waals surface area contributed by atoms with Crippen molar-refractivity contribution in [1.29, 1.82) is 0 Å². The molecular weight excluding hydrogens is 282 g/mol. The molecule has 1 atom stereocenters. The van der Waals surface area contributed by atoms with Crippen molar-refractivity contribution in [2.24, 2.45) is 5.92 Å². The lowest BCUT2D eigenvalue weighted by molar-refractivity contribution is 0.224. The lowest BCUT2D eigenvalue weighted by Crippen LogP contribution is -2.14. The van der Waals surface area contributed by atoms with E-state index in [0.717, 1.165) is 17.7 Å². The second-order valence-corrected chi connectivity index (χ2v) is 5.19. The molecule has 0 amide bonds. The van der Waals surface area contributed by atoms with Gasteiger partial charge in [-0.1, -0.05) is 29.8 Å². The van der Waals surface area contributed by atoms with Crippen LogP contribution >= 0.6 is 11.6 Å². The van der Waals surface area contributed by atoms with Gasteiger partial charge < -0.3 is 5.11 Å². The number of hydrogen-bond acceptors (Lipinski definition) is 1. The average Bonchev–Trinajstić information content (AvgIpc) is 2.44. The van der Waals surface area contributed by atoms with E-state index in [0.29, 0.717) is 11.4 Å². The van der Waals surface area contributed by atoms with Gasteiger partial charge in [0.25, 0.3) is 0 Å². The van der Waals surface area contributed by atoms with Crippen molar-refractivity contribution >= 4 is 11.6 Å². The van der Waals surface area contributed by atoms with Crippen LogP contribution in [0, 0.1) is 17.6 Å². The van der Waals surface area contributed by atoms with Gasteiger partial charge in [0.2, 0.25) is 0 Å². The Morgan fingerprint density at radius 3 is 2.40 bits per heavy atom. The third-order valence-electron chi connectivity index (χ3n) is 3.24. The molecule has 4 heteroatoms. The molecule has 0 aliphatic carbocycles.